The van der Waals surface area contributed by atoms with E-state index in [1.807, 2.05) is 42.5 Å². The number of ether oxygens (including phenoxy) is 1. The molecule has 0 radical (unpaired) electrons. The maximum absolute atomic E-state index is 12.3. The van der Waals surface area contributed by atoms with Crippen LogP contribution >= 0.6 is 0 Å². The molecule has 1 N–H and O–H groups in total. The van der Waals surface area contributed by atoms with E-state index in [0.717, 1.165) is 24.5 Å². The van der Waals surface area contributed by atoms with E-state index in [9.17, 15) is 4.79 Å². The van der Waals surface area contributed by atoms with Gasteiger partial charge in [0, 0.05) is 12.1 Å². The lowest BCUT2D eigenvalue weighted by molar-refractivity contribution is 0.0946. The van der Waals surface area contributed by atoms with Crippen LogP contribution in [0.25, 0.3) is 0 Å². The van der Waals surface area contributed by atoms with E-state index >= 15 is 0 Å². The second kappa shape index (κ2) is 9.76. The Labute approximate surface area is 145 Å². The van der Waals surface area contributed by atoms with Crippen molar-refractivity contribution in [3.63, 3.8) is 0 Å². The predicted octanol–water partition coefficient (Wildman–Crippen LogP) is 5.43. The lowest BCUT2D eigenvalue weighted by Gasteiger charge is -2.15. The normalized spacial score (nSPS) is 11.8. The van der Waals surface area contributed by atoms with Crippen molar-refractivity contribution in [3.05, 3.63) is 60.2 Å². The Kier molecular flexibility index (Phi) is 7.34. The van der Waals surface area contributed by atoms with Crippen LogP contribution in [0, 0.1) is 5.92 Å². The molecule has 0 aliphatic rings. The van der Waals surface area contributed by atoms with E-state index in [-0.39, 0.29) is 5.91 Å². The van der Waals surface area contributed by atoms with Crippen molar-refractivity contribution >= 4 is 5.91 Å². The lowest BCUT2D eigenvalue weighted by atomic mass is 9.99. The molecule has 128 valence electrons. The average molecular weight is 325 g/mol. The zero-order valence-electron chi connectivity index (χ0n) is 14.6. The number of hydrogen-bond donors (Lipinski definition) is 1. The van der Waals surface area contributed by atoms with Crippen LogP contribution < -0.4 is 10.1 Å². The van der Waals surface area contributed by atoms with Crippen LogP contribution in [-0.4, -0.2) is 12.5 Å². The highest BCUT2D eigenvalue weighted by molar-refractivity contribution is 5.94. The van der Waals surface area contributed by atoms with Gasteiger partial charge in [0.25, 0.3) is 5.91 Å². The molecule has 0 saturated heterocycles. The van der Waals surface area contributed by atoms with E-state index < -0.39 is 0 Å². The average Bonchev–Trinajstić information content (AvgIpc) is 2.63. The zero-order valence-corrected chi connectivity index (χ0v) is 14.6. The van der Waals surface area contributed by atoms with Crippen LogP contribution in [0.1, 0.15) is 49.9 Å². The van der Waals surface area contributed by atoms with Gasteiger partial charge in [-0.05, 0) is 48.7 Å². The Balaban J connectivity index is 1.86. The fraction of sp³-hybridized carbons (Fsp3) is 0.381. The van der Waals surface area contributed by atoms with Gasteiger partial charge in [-0.15, -0.1) is 0 Å². The summed E-state index contributed by atoms with van der Waals surface area (Å²) in [5.41, 5.74) is 0.667. The molecule has 0 aliphatic carbocycles. The number of unbranched alkanes of at least 4 members (excludes halogenated alkanes) is 1. The van der Waals surface area contributed by atoms with E-state index in [2.05, 4.69) is 19.2 Å². The number of carbonyl (C=O) groups is 1. The van der Waals surface area contributed by atoms with Gasteiger partial charge >= 0.3 is 0 Å². The maximum atomic E-state index is 12.3. The molecule has 1 amide bonds. The SMILES string of the molecule is CCCCC(CC)CNC(=O)c1ccc(Oc2ccccc2)cc1. The number of amides is 1. The molecule has 0 aromatic heterocycles. The molecular weight excluding hydrogens is 298 g/mol. The second-order valence-corrected chi connectivity index (χ2v) is 6.07. The molecule has 0 fully saturated rings. The summed E-state index contributed by atoms with van der Waals surface area (Å²) in [7, 11) is 0. The smallest absolute Gasteiger partial charge is 0.251 e. The highest BCUT2D eigenvalue weighted by atomic mass is 16.5. The summed E-state index contributed by atoms with van der Waals surface area (Å²) in [5.74, 6) is 2.06. The molecule has 3 nitrogen and oxygen atoms in total. The van der Waals surface area contributed by atoms with Crippen molar-refractivity contribution in [3.8, 4) is 11.5 Å². The Bertz CT molecular complexity index is 607. The second-order valence-electron chi connectivity index (χ2n) is 6.07. The van der Waals surface area contributed by atoms with Crippen molar-refractivity contribution < 1.29 is 9.53 Å². The first-order valence-corrected chi connectivity index (χ1v) is 8.84. The fourth-order valence-electron chi connectivity index (χ4n) is 2.58. The number of rotatable bonds is 9. The minimum atomic E-state index is -0.0174. The molecular formula is C21H27NO2. The van der Waals surface area contributed by atoms with Gasteiger partial charge in [0.05, 0.1) is 0 Å². The molecule has 2 rings (SSSR count). The first kappa shape index (κ1) is 18.1. The molecule has 0 heterocycles. The number of nitrogens with one attached hydrogen (secondary N) is 1. The van der Waals surface area contributed by atoms with Crippen LogP contribution in [-0.2, 0) is 0 Å². The molecule has 2 aromatic carbocycles. The first-order chi connectivity index (χ1) is 11.7. The fourth-order valence-corrected chi connectivity index (χ4v) is 2.58. The third-order valence-electron chi connectivity index (χ3n) is 4.19. The van der Waals surface area contributed by atoms with Crippen molar-refractivity contribution in [2.45, 2.75) is 39.5 Å². The van der Waals surface area contributed by atoms with Gasteiger partial charge in [0.1, 0.15) is 11.5 Å². The summed E-state index contributed by atoms with van der Waals surface area (Å²) in [4.78, 5) is 12.3. The topological polar surface area (TPSA) is 38.3 Å². The molecule has 1 atom stereocenters. The zero-order chi connectivity index (χ0) is 17.2. The highest BCUT2D eigenvalue weighted by Crippen LogP contribution is 2.21. The van der Waals surface area contributed by atoms with Crippen LogP contribution in [0.2, 0.25) is 0 Å². The van der Waals surface area contributed by atoms with Crippen molar-refractivity contribution in [1.29, 1.82) is 0 Å². The van der Waals surface area contributed by atoms with Gasteiger partial charge in [-0.1, -0.05) is 51.3 Å². The summed E-state index contributed by atoms with van der Waals surface area (Å²) < 4.78 is 5.74. The standard InChI is InChI=1S/C21H27NO2/c1-3-5-9-17(4-2)16-22-21(23)18-12-14-20(15-13-18)24-19-10-7-6-8-11-19/h6-8,10-15,17H,3-5,9,16H2,1-2H3,(H,22,23). The summed E-state index contributed by atoms with van der Waals surface area (Å²) in [5, 5.41) is 3.05. The van der Waals surface area contributed by atoms with Gasteiger partial charge in [-0.3, -0.25) is 4.79 Å². The monoisotopic (exact) mass is 325 g/mol. The van der Waals surface area contributed by atoms with Gasteiger partial charge in [-0.25, -0.2) is 0 Å². The van der Waals surface area contributed by atoms with Gasteiger partial charge < -0.3 is 10.1 Å². The van der Waals surface area contributed by atoms with Gasteiger partial charge in [0.2, 0.25) is 0 Å². The molecule has 0 spiro atoms. The predicted molar refractivity (Wildman–Crippen MR) is 98.6 cm³/mol. The molecule has 2 aromatic rings. The van der Waals surface area contributed by atoms with E-state index in [0.29, 0.717) is 11.5 Å². The molecule has 1 unspecified atom stereocenters. The Morgan fingerprint density at radius 2 is 1.67 bits per heavy atom. The Morgan fingerprint density at radius 1 is 1.00 bits per heavy atom. The minimum absolute atomic E-state index is 0.0174. The van der Waals surface area contributed by atoms with Crippen molar-refractivity contribution in [2.75, 3.05) is 6.54 Å². The molecule has 3 heteroatoms. The minimum Gasteiger partial charge on any atom is -0.457 e. The molecule has 0 bridgehead atoms. The number of hydrogen-bond acceptors (Lipinski definition) is 2. The Hall–Kier alpha value is -2.29. The molecule has 0 aliphatic heterocycles. The van der Waals surface area contributed by atoms with Crippen LogP contribution in [0.3, 0.4) is 0 Å². The van der Waals surface area contributed by atoms with E-state index in [1.54, 1.807) is 12.1 Å². The summed E-state index contributed by atoms with van der Waals surface area (Å²) >= 11 is 0. The third kappa shape index (κ3) is 5.73. The van der Waals surface area contributed by atoms with Crippen molar-refractivity contribution in [2.24, 2.45) is 5.92 Å². The van der Waals surface area contributed by atoms with Gasteiger partial charge in [-0.2, -0.15) is 0 Å². The van der Waals surface area contributed by atoms with Gasteiger partial charge in [0.15, 0.2) is 0 Å². The van der Waals surface area contributed by atoms with E-state index in [1.165, 1.54) is 19.3 Å². The van der Waals surface area contributed by atoms with Crippen molar-refractivity contribution in [1.82, 2.24) is 5.32 Å². The number of carbonyl (C=O) groups excluding carboxylic acids is 1. The lowest BCUT2D eigenvalue weighted by Crippen LogP contribution is -2.29. The van der Waals surface area contributed by atoms with E-state index in [4.69, 9.17) is 4.74 Å². The number of para-hydroxylation sites is 1. The van der Waals surface area contributed by atoms with Crippen LogP contribution in [0.4, 0.5) is 0 Å². The largest absolute Gasteiger partial charge is 0.457 e. The molecule has 24 heavy (non-hydrogen) atoms. The molecule has 0 saturated carbocycles. The van der Waals surface area contributed by atoms with Crippen LogP contribution in [0.15, 0.2) is 54.6 Å². The maximum Gasteiger partial charge on any atom is 0.251 e. The third-order valence-corrected chi connectivity index (χ3v) is 4.19. The highest BCUT2D eigenvalue weighted by Gasteiger charge is 2.10. The summed E-state index contributed by atoms with van der Waals surface area (Å²) in [6, 6.07) is 16.9. The number of benzene rings is 2. The Morgan fingerprint density at radius 3 is 2.29 bits per heavy atom. The first-order valence-electron chi connectivity index (χ1n) is 8.84. The van der Waals surface area contributed by atoms with Crippen LogP contribution in [0.5, 0.6) is 11.5 Å². The quantitative estimate of drug-likeness (QED) is 0.668. The summed E-state index contributed by atoms with van der Waals surface area (Å²) in [6.07, 6.45) is 4.70. The summed E-state index contributed by atoms with van der Waals surface area (Å²) in [6.45, 7) is 5.13.